The van der Waals surface area contributed by atoms with Gasteiger partial charge in [-0.05, 0) is 50.1 Å². The summed E-state index contributed by atoms with van der Waals surface area (Å²) in [6.45, 7) is 7.46. The van der Waals surface area contributed by atoms with Crippen molar-refractivity contribution in [3.8, 4) is 11.4 Å². The molecule has 9 heteroatoms. The molecule has 1 fully saturated rings. The van der Waals surface area contributed by atoms with Crippen molar-refractivity contribution in [3.05, 3.63) is 66.0 Å². The lowest BCUT2D eigenvalue weighted by atomic mass is 10.2. The molecule has 2 heterocycles. The summed E-state index contributed by atoms with van der Waals surface area (Å²) in [6.07, 6.45) is 2.53. The highest BCUT2D eigenvalue weighted by atomic mass is 19.1. The first-order chi connectivity index (χ1) is 16.0. The summed E-state index contributed by atoms with van der Waals surface area (Å²) in [6, 6.07) is 12.2. The van der Waals surface area contributed by atoms with Crippen LogP contribution in [0.4, 0.5) is 14.9 Å². The average Bonchev–Trinajstić information content (AvgIpc) is 3.09. The Hall–Kier alpha value is -3.62. The first kappa shape index (κ1) is 22.6. The topological polar surface area (TPSA) is 75.5 Å². The zero-order chi connectivity index (χ0) is 23.2. The minimum Gasteiger partial charge on any atom is -0.492 e. The molecule has 33 heavy (non-hydrogen) atoms. The van der Waals surface area contributed by atoms with Crippen LogP contribution in [0.15, 0.2) is 48.8 Å². The van der Waals surface area contributed by atoms with E-state index in [1.807, 2.05) is 30.9 Å². The van der Waals surface area contributed by atoms with Gasteiger partial charge in [0.2, 0.25) is 0 Å². The third kappa shape index (κ3) is 5.60. The summed E-state index contributed by atoms with van der Waals surface area (Å²) in [4.78, 5) is 20.9. The molecule has 174 valence electrons. The number of amides is 2. The number of urea groups is 1. The Morgan fingerprint density at radius 1 is 1.15 bits per heavy atom. The normalized spacial score (nSPS) is 14.2. The lowest BCUT2D eigenvalue weighted by Gasteiger charge is -2.25. The van der Waals surface area contributed by atoms with Gasteiger partial charge in [-0.2, -0.15) is 5.10 Å². The van der Waals surface area contributed by atoms with Crippen molar-refractivity contribution in [2.75, 3.05) is 37.7 Å². The quantitative estimate of drug-likeness (QED) is 0.619. The van der Waals surface area contributed by atoms with Crippen molar-refractivity contribution in [2.24, 2.45) is 0 Å². The summed E-state index contributed by atoms with van der Waals surface area (Å²) in [5.74, 6) is 1.14. The number of rotatable bonds is 6. The van der Waals surface area contributed by atoms with Crippen LogP contribution in [0, 0.1) is 12.7 Å². The van der Waals surface area contributed by atoms with Crippen LogP contribution in [0.2, 0.25) is 0 Å². The molecule has 3 aromatic rings. The second-order valence-corrected chi connectivity index (χ2v) is 7.94. The van der Waals surface area contributed by atoms with E-state index in [-0.39, 0.29) is 11.8 Å². The van der Waals surface area contributed by atoms with Gasteiger partial charge in [-0.3, -0.25) is 0 Å². The lowest BCUT2D eigenvalue weighted by Crippen LogP contribution is -2.41. The molecule has 1 saturated heterocycles. The van der Waals surface area contributed by atoms with Gasteiger partial charge in [-0.15, -0.1) is 0 Å². The number of benzene rings is 2. The first-order valence-corrected chi connectivity index (χ1v) is 11.2. The van der Waals surface area contributed by atoms with Crippen LogP contribution in [0.1, 0.15) is 24.7 Å². The molecule has 1 aromatic heterocycles. The lowest BCUT2D eigenvalue weighted by molar-refractivity contribution is 0.201. The Balaban J connectivity index is 1.40. The van der Waals surface area contributed by atoms with Crippen LogP contribution in [0.25, 0.3) is 5.69 Å². The molecule has 2 aromatic carbocycles. The highest BCUT2D eigenvalue weighted by Crippen LogP contribution is 2.29. The molecule has 1 aliphatic heterocycles. The predicted octanol–water partition coefficient (Wildman–Crippen LogP) is 3.54. The number of aryl methyl sites for hydroxylation is 1. The SMILES string of the molecule is CCOc1cc(N2CCCN(C(=O)NCc3cccc(F)c3)CC2)ccc1-n1cnc(C)n1. The van der Waals surface area contributed by atoms with Crippen LogP contribution >= 0.6 is 0 Å². The van der Waals surface area contributed by atoms with Crippen LogP contribution in [0.5, 0.6) is 5.75 Å². The van der Waals surface area contributed by atoms with E-state index in [4.69, 9.17) is 4.74 Å². The Morgan fingerprint density at radius 2 is 2.03 bits per heavy atom. The van der Waals surface area contributed by atoms with Crippen molar-refractivity contribution in [2.45, 2.75) is 26.8 Å². The molecule has 0 spiro atoms. The number of nitrogens with zero attached hydrogens (tertiary/aromatic N) is 5. The zero-order valence-electron chi connectivity index (χ0n) is 19.0. The van der Waals surface area contributed by atoms with Crippen molar-refractivity contribution in [3.63, 3.8) is 0 Å². The number of hydrogen-bond donors (Lipinski definition) is 1. The van der Waals surface area contributed by atoms with Gasteiger partial charge in [0.25, 0.3) is 0 Å². The molecule has 2 amide bonds. The number of carbonyl (C=O) groups is 1. The predicted molar refractivity (Wildman–Crippen MR) is 124 cm³/mol. The average molecular weight is 453 g/mol. The summed E-state index contributed by atoms with van der Waals surface area (Å²) in [5.41, 5.74) is 2.63. The summed E-state index contributed by atoms with van der Waals surface area (Å²) in [7, 11) is 0. The molecule has 4 rings (SSSR count). The molecule has 1 N–H and O–H groups in total. The van der Waals surface area contributed by atoms with E-state index in [9.17, 15) is 9.18 Å². The summed E-state index contributed by atoms with van der Waals surface area (Å²) in [5, 5.41) is 7.29. The summed E-state index contributed by atoms with van der Waals surface area (Å²) >= 11 is 0. The molecule has 0 saturated carbocycles. The number of ether oxygens (including phenoxy) is 1. The number of aromatic nitrogens is 3. The van der Waals surface area contributed by atoms with Gasteiger partial charge < -0.3 is 19.9 Å². The fourth-order valence-electron chi connectivity index (χ4n) is 3.94. The van der Waals surface area contributed by atoms with E-state index in [2.05, 4.69) is 26.4 Å². The molecular formula is C24H29FN6O2. The Labute approximate surface area is 193 Å². The largest absolute Gasteiger partial charge is 0.492 e. The van der Waals surface area contributed by atoms with Crippen molar-refractivity contribution in [1.82, 2.24) is 25.0 Å². The van der Waals surface area contributed by atoms with Gasteiger partial charge in [0.1, 0.15) is 29.4 Å². The van der Waals surface area contributed by atoms with Gasteiger partial charge in [-0.1, -0.05) is 12.1 Å². The maximum Gasteiger partial charge on any atom is 0.317 e. The van der Waals surface area contributed by atoms with E-state index >= 15 is 0 Å². The number of nitrogens with one attached hydrogen (secondary N) is 1. The van der Waals surface area contributed by atoms with E-state index in [0.29, 0.717) is 38.6 Å². The zero-order valence-corrected chi connectivity index (χ0v) is 19.0. The number of carbonyl (C=O) groups excluding carboxylic acids is 1. The standard InChI is InChI=1S/C24H29FN6O2/c1-3-33-23-15-21(8-9-22(23)31-17-27-18(2)28-31)29-10-5-11-30(13-12-29)24(32)26-16-19-6-4-7-20(25)14-19/h4,6-9,14-15,17H,3,5,10-13,16H2,1-2H3,(H,26,32). The number of hydrogen-bond acceptors (Lipinski definition) is 5. The van der Waals surface area contributed by atoms with E-state index in [1.165, 1.54) is 12.1 Å². The van der Waals surface area contributed by atoms with E-state index in [0.717, 1.165) is 35.7 Å². The second-order valence-electron chi connectivity index (χ2n) is 7.94. The molecule has 8 nitrogen and oxygen atoms in total. The van der Waals surface area contributed by atoms with E-state index < -0.39 is 0 Å². The van der Waals surface area contributed by atoms with Crippen molar-refractivity contribution >= 4 is 11.7 Å². The number of halogens is 1. The molecule has 0 unspecified atom stereocenters. The molecular weight excluding hydrogens is 423 g/mol. The second kappa shape index (κ2) is 10.3. The molecule has 1 aliphatic rings. The third-order valence-electron chi connectivity index (χ3n) is 5.58. The van der Waals surface area contributed by atoms with Gasteiger partial charge in [-0.25, -0.2) is 18.9 Å². The molecule has 0 atom stereocenters. The Morgan fingerprint density at radius 3 is 2.79 bits per heavy atom. The Kier molecular flexibility index (Phi) is 7.07. The van der Waals surface area contributed by atoms with Crippen LogP contribution in [-0.2, 0) is 6.54 Å². The highest BCUT2D eigenvalue weighted by molar-refractivity contribution is 5.74. The van der Waals surface area contributed by atoms with Crippen LogP contribution in [0.3, 0.4) is 0 Å². The molecule has 0 radical (unpaired) electrons. The highest BCUT2D eigenvalue weighted by Gasteiger charge is 2.20. The fourth-order valence-corrected chi connectivity index (χ4v) is 3.94. The van der Waals surface area contributed by atoms with Gasteiger partial charge in [0.05, 0.1) is 6.61 Å². The minimum atomic E-state index is -0.302. The first-order valence-electron chi connectivity index (χ1n) is 11.2. The maximum atomic E-state index is 13.4. The van der Waals surface area contributed by atoms with Crippen LogP contribution < -0.4 is 15.0 Å². The monoisotopic (exact) mass is 452 g/mol. The molecule has 0 aliphatic carbocycles. The van der Waals surface area contributed by atoms with E-state index in [1.54, 1.807) is 23.1 Å². The fraction of sp³-hybridized carbons (Fsp3) is 0.375. The van der Waals surface area contributed by atoms with Crippen molar-refractivity contribution < 1.29 is 13.9 Å². The van der Waals surface area contributed by atoms with Gasteiger partial charge in [0, 0.05) is 44.5 Å². The van der Waals surface area contributed by atoms with Gasteiger partial charge >= 0.3 is 6.03 Å². The third-order valence-corrected chi connectivity index (χ3v) is 5.58. The van der Waals surface area contributed by atoms with Crippen LogP contribution in [-0.4, -0.2) is 58.5 Å². The van der Waals surface area contributed by atoms with Crippen molar-refractivity contribution in [1.29, 1.82) is 0 Å². The smallest absolute Gasteiger partial charge is 0.317 e. The number of anilines is 1. The Bertz CT molecular complexity index is 1100. The summed E-state index contributed by atoms with van der Waals surface area (Å²) < 4.78 is 21.0. The molecule has 0 bridgehead atoms. The maximum absolute atomic E-state index is 13.4. The van der Waals surface area contributed by atoms with Gasteiger partial charge in [0.15, 0.2) is 0 Å². The minimum absolute atomic E-state index is 0.131.